The van der Waals surface area contributed by atoms with Gasteiger partial charge in [0.05, 0.1) is 31.2 Å². The number of halogens is 1. The summed E-state index contributed by atoms with van der Waals surface area (Å²) in [5.41, 5.74) is 1.14. The minimum absolute atomic E-state index is 0.0590. The van der Waals surface area contributed by atoms with Gasteiger partial charge in [-0.1, -0.05) is 29.8 Å². The molecule has 0 spiro atoms. The molecule has 0 bridgehead atoms. The van der Waals surface area contributed by atoms with Gasteiger partial charge in [0, 0.05) is 6.54 Å². The lowest BCUT2D eigenvalue weighted by molar-refractivity contribution is -0.144. The van der Waals surface area contributed by atoms with Crippen molar-refractivity contribution in [2.75, 3.05) is 20.8 Å². The van der Waals surface area contributed by atoms with Gasteiger partial charge in [0.25, 0.3) is 5.91 Å². The molecule has 0 aliphatic heterocycles. The van der Waals surface area contributed by atoms with Gasteiger partial charge in [0.15, 0.2) is 11.5 Å². The van der Waals surface area contributed by atoms with Crippen molar-refractivity contribution in [1.82, 2.24) is 5.32 Å². The first kappa shape index (κ1) is 19.6. The summed E-state index contributed by atoms with van der Waals surface area (Å²) < 4.78 is 15.6. The maximum Gasteiger partial charge on any atom is 0.307 e. The maximum atomic E-state index is 12.0. The van der Waals surface area contributed by atoms with Gasteiger partial charge in [-0.3, -0.25) is 9.59 Å². The Kier molecular flexibility index (Phi) is 7.29. The highest BCUT2D eigenvalue weighted by Gasteiger charge is 2.11. The van der Waals surface area contributed by atoms with Crippen molar-refractivity contribution in [3.05, 3.63) is 58.6 Å². The quantitative estimate of drug-likeness (QED) is 0.715. The molecular weight excluding hydrogens is 358 g/mol. The highest BCUT2D eigenvalue weighted by Crippen LogP contribution is 2.27. The molecule has 0 unspecified atom stereocenters. The average Bonchev–Trinajstić information content (AvgIpc) is 2.66. The second kappa shape index (κ2) is 9.68. The van der Waals surface area contributed by atoms with Crippen molar-refractivity contribution in [3.63, 3.8) is 0 Å². The van der Waals surface area contributed by atoms with Gasteiger partial charge in [-0.2, -0.15) is 0 Å². The van der Waals surface area contributed by atoms with Crippen LogP contribution in [-0.2, 0) is 16.1 Å². The van der Waals surface area contributed by atoms with Crippen LogP contribution in [0.1, 0.15) is 22.3 Å². The molecule has 0 aromatic heterocycles. The molecule has 7 heteroatoms. The van der Waals surface area contributed by atoms with Crippen molar-refractivity contribution in [3.8, 4) is 11.5 Å². The summed E-state index contributed by atoms with van der Waals surface area (Å²) in [5.74, 6) is 0.417. The molecule has 0 aliphatic carbocycles. The Morgan fingerprint density at radius 2 is 1.77 bits per heavy atom. The molecule has 2 aromatic carbocycles. The van der Waals surface area contributed by atoms with E-state index in [4.69, 9.17) is 25.8 Å². The van der Waals surface area contributed by atoms with Crippen LogP contribution in [0.15, 0.2) is 42.5 Å². The van der Waals surface area contributed by atoms with Gasteiger partial charge in [-0.15, -0.1) is 0 Å². The molecule has 6 nitrogen and oxygen atoms in total. The molecule has 0 saturated heterocycles. The van der Waals surface area contributed by atoms with Crippen molar-refractivity contribution < 1.29 is 23.8 Å². The normalized spacial score (nSPS) is 10.1. The Balaban J connectivity index is 1.77. The number of amides is 1. The third-order valence-electron chi connectivity index (χ3n) is 3.58. The number of carbonyl (C=O) groups is 2. The largest absolute Gasteiger partial charge is 0.493 e. The molecule has 26 heavy (non-hydrogen) atoms. The number of benzene rings is 2. The van der Waals surface area contributed by atoms with Crippen LogP contribution in [0, 0.1) is 0 Å². The minimum Gasteiger partial charge on any atom is -0.493 e. The zero-order valence-electron chi connectivity index (χ0n) is 14.6. The van der Waals surface area contributed by atoms with Crippen LogP contribution in [0.3, 0.4) is 0 Å². The number of methoxy groups -OCH3 is 2. The third-order valence-corrected chi connectivity index (χ3v) is 3.91. The zero-order chi connectivity index (χ0) is 18.9. The van der Waals surface area contributed by atoms with E-state index in [2.05, 4.69) is 5.32 Å². The Bertz CT molecular complexity index is 778. The summed E-state index contributed by atoms with van der Waals surface area (Å²) in [4.78, 5) is 23.8. The van der Waals surface area contributed by atoms with Crippen molar-refractivity contribution in [2.45, 2.75) is 13.0 Å². The molecule has 2 rings (SSSR count). The fourth-order valence-corrected chi connectivity index (χ4v) is 2.45. The lowest BCUT2D eigenvalue weighted by atomic mass is 10.2. The molecular formula is C19H20ClNO5. The molecule has 138 valence electrons. The average molecular weight is 378 g/mol. The van der Waals surface area contributed by atoms with Gasteiger partial charge in [0.2, 0.25) is 0 Å². The number of hydrogen-bond donors (Lipinski definition) is 1. The van der Waals surface area contributed by atoms with Crippen molar-refractivity contribution >= 4 is 23.5 Å². The lowest BCUT2D eigenvalue weighted by Crippen LogP contribution is -2.26. The third kappa shape index (κ3) is 5.39. The van der Waals surface area contributed by atoms with Crippen LogP contribution in [0.5, 0.6) is 11.5 Å². The Morgan fingerprint density at radius 3 is 2.46 bits per heavy atom. The molecule has 0 radical (unpaired) electrons. The number of hydrogen-bond acceptors (Lipinski definition) is 5. The number of nitrogens with one attached hydrogen (secondary N) is 1. The number of esters is 1. The summed E-state index contributed by atoms with van der Waals surface area (Å²) in [6.45, 7) is 0.270. The maximum absolute atomic E-state index is 12.0. The first-order chi connectivity index (χ1) is 12.5. The van der Waals surface area contributed by atoms with E-state index in [1.54, 1.807) is 49.6 Å². The van der Waals surface area contributed by atoms with Crippen LogP contribution in [0.2, 0.25) is 5.02 Å². The standard InChI is InChI=1S/C19H20ClNO5/c1-24-16-8-7-13(11-17(16)25-2)12-26-18(22)9-10-21-19(23)14-5-3-4-6-15(14)20/h3-8,11H,9-10,12H2,1-2H3,(H,21,23). The van der Waals surface area contributed by atoms with Crippen molar-refractivity contribution in [2.24, 2.45) is 0 Å². The smallest absolute Gasteiger partial charge is 0.307 e. The number of ether oxygens (including phenoxy) is 3. The molecule has 0 atom stereocenters. The first-order valence-corrected chi connectivity index (χ1v) is 8.32. The van der Waals surface area contributed by atoms with Crippen molar-refractivity contribution in [1.29, 1.82) is 0 Å². The van der Waals surface area contributed by atoms with Crippen LogP contribution in [0.25, 0.3) is 0 Å². The van der Waals surface area contributed by atoms with E-state index >= 15 is 0 Å². The molecule has 1 N–H and O–H groups in total. The predicted molar refractivity (Wildman–Crippen MR) is 97.7 cm³/mol. The topological polar surface area (TPSA) is 73.9 Å². The molecule has 0 aliphatic rings. The summed E-state index contributed by atoms with van der Waals surface area (Å²) in [7, 11) is 3.09. The molecule has 0 fully saturated rings. The van der Waals surface area contributed by atoms with E-state index in [0.29, 0.717) is 22.1 Å². The monoisotopic (exact) mass is 377 g/mol. The van der Waals surface area contributed by atoms with Crippen LogP contribution in [-0.4, -0.2) is 32.6 Å². The number of rotatable bonds is 8. The predicted octanol–water partition coefficient (Wildman–Crippen LogP) is 3.22. The lowest BCUT2D eigenvalue weighted by Gasteiger charge is -2.10. The zero-order valence-corrected chi connectivity index (χ0v) is 15.3. The van der Waals surface area contributed by atoms with E-state index in [1.165, 1.54) is 7.11 Å². The second-order valence-electron chi connectivity index (χ2n) is 5.34. The summed E-state index contributed by atoms with van der Waals surface area (Å²) in [6.07, 6.45) is 0.0590. The summed E-state index contributed by atoms with van der Waals surface area (Å²) in [6, 6.07) is 12.0. The van der Waals surface area contributed by atoms with Gasteiger partial charge in [0.1, 0.15) is 6.61 Å². The van der Waals surface area contributed by atoms with E-state index < -0.39 is 5.97 Å². The highest BCUT2D eigenvalue weighted by molar-refractivity contribution is 6.33. The van der Waals surface area contributed by atoms with E-state index in [9.17, 15) is 9.59 Å². The van der Waals surface area contributed by atoms with Crippen LogP contribution in [0.4, 0.5) is 0 Å². The molecule has 2 aromatic rings. The summed E-state index contributed by atoms with van der Waals surface area (Å²) >= 11 is 5.95. The number of carbonyl (C=O) groups excluding carboxylic acids is 2. The highest BCUT2D eigenvalue weighted by atomic mass is 35.5. The fourth-order valence-electron chi connectivity index (χ4n) is 2.23. The molecule has 0 saturated carbocycles. The van der Waals surface area contributed by atoms with Crippen LogP contribution >= 0.6 is 11.6 Å². The summed E-state index contributed by atoms with van der Waals surface area (Å²) in [5, 5.41) is 3.00. The Labute approximate surface area is 157 Å². The van der Waals surface area contributed by atoms with Crippen LogP contribution < -0.4 is 14.8 Å². The Hall–Kier alpha value is -2.73. The SMILES string of the molecule is COc1ccc(COC(=O)CCNC(=O)c2ccccc2Cl)cc1OC. The first-order valence-electron chi connectivity index (χ1n) is 7.94. The fraction of sp³-hybridized carbons (Fsp3) is 0.263. The Morgan fingerprint density at radius 1 is 1.04 bits per heavy atom. The molecule has 0 heterocycles. The van der Waals surface area contributed by atoms with E-state index in [1.807, 2.05) is 0 Å². The van der Waals surface area contributed by atoms with E-state index in [-0.39, 0.29) is 25.5 Å². The second-order valence-corrected chi connectivity index (χ2v) is 5.74. The van der Waals surface area contributed by atoms with Gasteiger partial charge in [-0.05, 0) is 29.8 Å². The van der Waals surface area contributed by atoms with Gasteiger partial charge in [-0.25, -0.2) is 0 Å². The van der Waals surface area contributed by atoms with Gasteiger partial charge >= 0.3 is 5.97 Å². The van der Waals surface area contributed by atoms with Gasteiger partial charge < -0.3 is 19.5 Å². The van der Waals surface area contributed by atoms with E-state index in [0.717, 1.165) is 5.56 Å². The minimum atomic E-state index is -0.417. The molecule has 1 amide bonds.